The van der Waals surface area contributed by atoms with Crippen molar-refractivity contribution in [3.63, 3.8) is 0 Å². The van der Waals surface area contributed by atoms with Crippen LogP contribution in [0.2, 0.25) is 0 Å². The molecule has 0 amide bonds. The Morgan fingerprint density at radius 3 is 0.857 bits per heavy atom. The van der Waals surface area contributed by atoms with Gasteiger partial charge in [0, 0.05) is 73.0 Å². The number of rotatable bonds is 26. The van der Waals surface area contributed by atoms with E-state index in [1.54, 1.807) is 11.1 Å². The summed E-state index contributed by atoms with van der Waals surface area (Å²) in [4.78, 5) is 8.10. The number of unbranched alkanes of at least 4 members (excludes halogenated alkanes) is 12. The third-order valence-electron chi connectivity index (χ3n) is 21.1. The first-order valence-electron chi connectivity index (χ1n) is 34.8. The van der Waals surface area contributed by atoms with E-state index < -0.39 is 0 Å². The van der Waals surface area contributed by atoms with E-state index in [-0.39, 0.29) is 10.8 Å². The van der Waals surface area contributed by atoms with Crippen LogP contribution in [0.25, 0.3) is 118 Å². The lowest BCUT2D eigenvalue weighted by molar-refractivity contribution is 0.401. The summed E-state index contributed by atoms with van der Waals surface area (Å²) in [7, 11) is 0. The average Bonchev–Trinajstić information content (AvgIpc) is 1.57. The molecule has 0 saturated heterocycles. The van der Waals surface area contributed by atoms with Gasteiger partial charge in [-0.05, 0) is 178 Å². The fourth-order valence-electron chi connectivity index (χ4n) is 16.5. The van der Waals surface area contributed by atoms with E-state index in [0.29, 0.717) is 0 Å². The monoisotopic (exact) mass is 1240 g/mol. The maximum Gasteiger partial charge on any atom is 0.0541 e. The van der Waals surface area contributed by atoms with Gasteiger partial charge in [0.1, 0.15) is 0 Å². The molecule has 458 valence electrons. The van der Waals surface area contributed by atoms with Crippen molar-refractivity contribution in [1.82, 2.24) is 9.13 Å². The maximum atomic E-state index is 2.64. The highest BCUT2D eigenvalue weighted by atomic mass is 32.1. The van der Waals surface area contributed by atoms with E-state index in [0.717, 1.165) is 0 Å². The number of para-hydroxylation sites is 4. The SMILES string of the molecule is CCCCCCC1(CCCCCC)c2cc(-c3ccc(-c4ccc(-c5ccc(-c6ccc7c(c6)C(CCCCCC)(CCCCCC)c6cc(-n8c9ccccc9c9ccccc98)ccc6-7)s5)s4)s3)ccc2-c2ccc(-n3c4ccccc4c4ccccc43)cc21. The van der Waals surface area contributed by atoms with Crippen molar-refractivity contribution in [3.05, 3.63) is 229 Å². The second-order valence-corrected chi connectivity index (χ2v) is 29.9. The van der Waals surface area contributed by atoms with Crippen molar-refractivity contribution in [3.8, 4) is 74.0 Å². The maximum absolute atomic E-state index is 2.64. The molecule has 13 aromatic rings. The fraction of sp³-hybridized carbons (Fsp3) is 0.302. The quantitative estimate of drug-likeness (QED) is 0.0478. The Labute approximate surface area is 552 Å². The van der Waals surface area contributed by atoms with E-state index in [4.69, 9.17) is 0 Å². The summed E-state index contributed by atoms with van der Waals surface area (Å²) in [5, 5.41) is 5.27. The van der Waals surface area contributed by atoms with Crippen molar-refractivity contribution in [1.29, 1.82) is 0 Å². The number of thiophene rings is 3. The molecule has 0 saturated carbocycles. The molecule has 5 heterocycles. The lowest BCUT2D eigenvalue weighted by atomic mass is 9.70. The van der Waals surface area contributed by atoms with Crippen molar-refractivity contribution in [2.24, 2.45) is 0 Å². The molecule has 0 spiro atoms. The summed E-state index contributed by atoms with van der Waals surface area (Å²) >= 11 is 5.88. The molecule has 5 aromatic heterocycles. The molecule has 2 aliphatic carbocycles. The van der Waals surface area contributed by atoms with Crippen molar-refractivity contribution in [2.75, 3.05) is 0 Å². The Morgan fingerprint density at radius 1 is 0.264 bits per heavy atom. The summed E-state index contributed by atoms with van der Waals surface area (Å²) in [6, 6.07) is 80.4. The van der Waals surface area contributed by atoms with Crippen molar-refractivity contribution < 1.29 is 0 Å². The predicted molar refractivity (Wildman–Crippen MR) is 398 cm³/mol. The van der Waals surface area contributed by atoms with Gasteiger partial charge in [-0.3, -0.25) is 0 Å². The van der Waals surface area contributed by atoms with E-state index >= 15 is 0 Å². The highest BCUT2D eigenvalue weighted by Gasteiger charge is 2.45. The van der Waals surface area contributed by atoms with Crippen LogP contribution in [0.4, 0.5) is 0 Å². The van der Waals surface area contributed by atoms with Gasteiger partial charge in [-0.1, -0.05) is 240 Å². The van der Waals surface area contributed by atoms with E-state index in [1.807, 2.05) is 34.0 Å². The molecule has 0 atom stereocenters. The third-order valence-corrected chi connectivity index (χ3v) is 24.8. The summed E-state index contributed by atoms with van der Waals surface area (Å²) in [6.45, 7) is 9.39. The number of fused-ring (bicyclic) bond motifs is 12. The minimum atomic E-state index is -0.0467. The number of hydrogen-bond donors (Lipinski definition) is 0. The van der Waals surface area contributed by atoms with Gasteiger partial charge in [0.2, 0.25) is 0 Å². The van der Waals surface area contributed by atoms with E-state index in [1.165, 1.54) is 257 Å². The third kappa shape index (κ3) is 10.7. The fourth-order valence-corrected chi connectivity index (χ4v) is 19.7. The largest absolute Gasteiger partial charge is 0.309 e. The second-order valence-electron chi connectivity index (χ2n) is 26.6. The first-order chi connectivity index (χ1) is 44.9. The molecule has 0 radical (unpaired) electrons. The Kier molecular flexibility index (Phi) is 17.0. The standard InChI is InChI=1S/C86H86N2S3/c1-5-9-13-25-51-85(52-26-14-10-6-2)71-55-59(37-41-63(71)65-43-39-61(57-73(65)85)87-75-33-21-17-29-67(75)68-30-18-22-34-76(68)87)79-45-47-81(89-79)83-49-50-84(91-83)82-48-46-80(90-82)60-38-42-64-66-44-40-62(88-77-35-23-19-31-69(77)70-32-20-24-36-78(70)88)58-74(66)86(72(64)56-60,53-27-15-11-7-3)54-28-16-12-8-4/h17-24,29-50,55-58H,5-16,25-28,51-54H2,1-4H3. The van der Waals surface area contributed by atoms with Crippen LogP contribution in [0.1, 0.15) is 178 Å². The van der Waals surface area contributed by atoms with Gasteiger partial charge in [0.25, 0.3) is 0 Å². The van der Waals surface area contributed by atoms with Crippen LogP contribution in [0.5, 0.6) is 0 Å². The van der Waals surface area contributed by atoms with Gasteiger partial charge in [-0.2, -0.15) is 0 Å². The zero-order chi connectivity index (χ0) is 61.5. The summed E-state index contributed by atoms with van der Waals surface area (Å²) in [5.41, 5.74) is 22.2. The predicted octanol–water partition coefficient (Wildman–Crippen LogP) is 27.1. The topological polar surface area (TPSA) is 9.86 Å². The molecular formula is C86H86N2S3. The molecular weight excluding hydrogens is 1160 g/mol. The molecule has 0 aliphatic heterocycles. The molecule has 2 aliphatic rings. The molecule has 0 unspecified atom stereocenters. The Bertz CT molecular complexity index is 4330. The second kappa shape index (κ2) is 25.9. The van der Waals surface area contributed by atoms with Crippen LogP contribution in [0.15, 0.2) is 206 Å². The van der Waals surface area contributed by atoms with Gasteiger partial charge in [0.05, 0.1) is 22.1 Å². The molecule has 91 heavy (non-hydrogen) atoms. The molecule has 15 rings (SSSR count). The van der Waals surface area contributed by atoms with Crippen LogP contribution in [-0.4, -0.2) is 9.13 Å². The zero-order valence-corrected chi connectivity index (χ0v) is 56.3. The normalized spacial score (nSPS) is 13.7. The number of benzene rings is 8. The number of aromatic nitrogens is 2. The first-order valence-corrected chi connectivity index (χ1v) is 37.3. The number of nitrogens with zero attached hydrogens (tertiary/aromatic N) is 2. The smallest absolute Gasteiger partial charge is 0.0541 e. The Morgan fingerprint density at radius 2 is 0.538 bits per heavy atom. The van der Waals surface area contributed by atoms with Gasteiger partial charge in [-0.15, -0.1) is 34.0 Å². The number of hydrogen-bond acceptors (Lipinski definition) is 3. The van der Waals surface area contributed by atoms with Crippen LogP contribution in [0.3, 0.4) is 0 Å². The highest BCUT2D eigenvalue weighted by Crippen LogP contribution is 2.58. The van der Waals surface area contributed by atoms with Crippen LogP contribution in [-0.2, 0) is 10.8 Å². The lowest BCUT2D eigenvalue weighted by Gasteiger charge is -2.33. The van der Waals surface area contributed by atoms with Crippen LogP contribution >= 0.6 is 34.0 Å². The van der Waals surface area contributed by atoms with Gasteiger partial charge in [0.15, 0.2) is 0 Å². The van der Waals surface area contributed by atoms with Crippen LogP contribution in [0, 0.1) is 0 Å². The minimum absolute atomic E-state index is 0.0467. The molecule has 5 heteroatoms. The average molecular weight is 1240 g/mol. The Balaban J connectivity index is 0.744. The molecule has 2 nitrogen and oxygen atoms in total. The summed E-state index contributed by atoms with van der Waals surface area (Å²) in [5.74, 6) is 0. The van der Waals surface area contributed by atoms with Crippen molar-refractivity contribution in [2.45, 2.75) is 167 Å². The van der Waals surface area contributed by atoms with Gasteiger partial charge in [-0.25, -0.2) is 0 Å². The Hall–Kier alpha value is -7.54. The van der Waals surface area contributed by atoms with E-state index in [9.17, 15) is 0 Å². The highest BCUT2D eigenvalue weighted by molar-refractivity contribution is 7.28. The molecule has 0 fully saturated rings. The molecule has 8 aromatic carbocycles. The molecule has 0 bridgehead atoms. The lowest BCUT2D eigenvalue weighted by Crippen LogP contribution is -2.26. The minimum Gasteiger partial charge on any atom is -0.309 e. The van der Waals surface area contributed by atoms with Gasteiger partial charge < -0.3 is 9.13 Å². The first kappa shape index (κ1) is 59.7. The molecule has 0 N–H and O–H groups in total. The van der Waals surface area contributed by atoms with Gasteiger partial charge >= 0.3 is 0 Å². The summed E-state index contributed by atoms with van der Waals surface area (Å²) < 4.78 is 5.06. The van der Waals surface area contributed by atoms with E-state index in [2.05, 4.69) is 243 Å². The zero-order valence-electron chi connectivity index (χ0n) is 53.9. The van der Waals surface area contributed by atoms with Crippen LogP contribution < -0.4 is 0 Å². The summed E-state index contributed by atoms with van der Waals surface area (Å²) in [6.07, 6.45) is 25.0. The van der Waals surface area contributed by atoms with Crippen molar-refractivity contribution >= 4 is 77.6 Å².